The van der Waals surface area contributed by atoms with Gasteiger partial charge in [-0.05, 0) is 19.3 Å². The highest BCUT2D eigenvalue weighted by Crippen LogP contribution is 2.21. The van der Waals surface area contributed by atoms with Gasteiger partial charge in [0.05, 0.1) is 6.10 Å². The van der Waals surface area contributed by atoms with E-state index in [9.17, 15) is 4.79 Å². The monoisotopic (exact) mass is 127 g/mol. The van der Waals surface area contributed by atoms with Crippen LogP contribution in [0.4, 0.5) is 0 Å². The molecular formula is C7H11O2. The third kappa shape index (κ3) is 1.79. The van der Waals surface area contributed by atoms with Crippen LogP contribution in [0.25, 0.3) is 0 Å². The van der Waals surface area contributed by atoms with Crippen molar-refractivity contribution in [3.05, 3.63) is 0 Å². The lowest BCUT2D eigenvalue weighted by Gasteiger charge is -2.20. The summed E-state index contributed by atoms with van der Waals surface area (Å²) in [5.41, 5.74) is 0. The Hall–Kier alpha value is -0.370. The zero-order valence-electron chi connectivity index (χ0n) is 5.34. The Bertz CT molecular complexity index is 101. The maximum atomic E-state index is 10.1. The van der Waals surface area contributed by atoms with E-state index in [2.05, 4.69) is 0 Å². The van der Waals surface area contributed by atoms with Crippen molar-refractivity contribution < 1.29 is 9.90 Å². The lowest BCUT2D eigenvalue weighted by atomic mass is 9.88. The van der Waals surface area contributed by atoms with E-state index in [0.717, 1.165) is 19.3 Å². The summed E-state index contributed by atoms with van der Waals surface area (Å²) in [6.07, 6.45) is 5.06. The van der Waals surface area contributed by atoms with Crippen LogP contribution in [0, 0.1) is 5.92 Å². The van der Waals surface area contributed by atoms with Gasteiger partial charge in [-0.15, -0.1) is 0 Å². The second kappa shape index (κ2) is 2.97. The van der Waals surface area contributed by atoms with E-state index >= 15 is 0 Å². The molecule has 0 aliphatic heterocycles. The molecule has 1 fully saturated rings. The van der Waals surface area contributed by atoms with Crippen LogP contribution in [0.15, 0.2) is 0 Å². The minimum atomic E-state index is -0.245. The summed E-state index contributed by atoms with van der Waals surface area (Å²) in [5, 5.41) is 9.03. The standard InChI is InChI=1S/C7H11O2/c8-5-6-2-1-3-7(9)4-6/h6-7,9H,1-4H2/t6-,7+/m0/s1. The van der Waals surface area contributed by atoms with Gasteiger partial charge in [-0.25, -0.2) is 0 Å². The summed E-state index contributed by atoms with van der Waals surface area (Å²) < 4.78 is 0. The van der Waals surface area contributed by atoms with Crippen molar-refractivity contribution in [1.29, 1.82) is 0 Å². The molecule has 1 radical (unpaired) electrons. The molecule has 2 nitrogen and oxygen atoms in total. The van der Waals surface area contributed by atoms with Crippen molar-refractivity contribution in [2.24, 2.45) is 5.92 Å². The van der Waals surface area contributed by atoms with Crippen molar-refractivity contribution in [2.75, 3.05) is 0 Å². The first-order valence-electron chi connectivity index (χ1n) is 3.38. The summed E-state index contributed by atoms with van der Waals surface area (Å²) in [7, 11) is 0. The molecule has 0 heterocycles. The van der Waals surface area contributed by atoms with Crippen LogP contribution in [0.3, 0.4) is 0 Å². The van der Waals surface area contributed by atoms with Gasteiger partial charge < -0.3 is 5.11 Å². The summed E-state index contributed by atoms with van der Waals surface area (Å²) in [6.45, 7) is 0. The highest BCUT2D eigenvalue weighted by molar-refractivity contribution is 5.54. The average molecular weight is 127 g/mol. The minimum absolute atomic E-state index is 0.00810. The highest BCUT2D eigenvalue weighted by Gasteiger charge is 2.19. The Morgan fingerprint density at radius 1 is 1.44 bits per heavy atom. The van der Waals surface area contributed by atoms with Crippen LogP contribution in [0.5, 0.6) is 0 Å². The molecule has 9 heavy (non-hydrogen) atoms. The van der Waals surface area contributed by atoms with E-state index in [1.165, 1.54) is 0 Å². The normalized spacial score (nSPS) is 36.1. The first-order valence-corrected chi connectivity index (χ1v) is 3.38. The topological polar surface area (TPSA) is 37.3 Å². The van der Waals surface area contributed by atoms with E-state index in [4.69, 9.17) is 5.11 Å². The quantitative estimate of drug-likeness (QED) is 0.561. The lowest BCUT2D eigenvalue weighted by molar-refractivity contribution is 0.116. The molecule has 2 atom stereocenters. The number of rotatable bonds is 1. The maximum Gasteiger partial charge on any atom is 0.201 e. The van der Waals surface area contributed by atoms with Crippen molar-refractivity contribution in [3.8, 4) is 0 Å². The molecule has 0 bridgehead atoms. The fraction of sp³-hybridized carbons (Fsp3) is 0.857. The first-order chi connectivity index (χ1) is 4.33. The first kappa shape index (κ1) is 6.75. The Balaban J connectivity index is 2.31. The Morgan fingerprint density at radius 2 is 2.22 bits per heavy atom. The fourth-order valence-corrected chi connectivity index (χ4v) is 1.27. The summed E-state index contributed by atoms with van der Waals surface area (Å²) in [5.74, 6) is 0.00810. The Kier molecular flexibility index (Phi) is 2.22. The largest absolute Gasteiger partial charge is 0.393 e. The molecule has 0 aromatic heterocycles. The molecule has 51 valence electrons. The van der Waals surface area contributed by atoms with Crippen LogP contribution in [-0.2, 0) is 4.79 Å². The molecule has 0 spiro atoms. The van der Waals surface area contributed by atoms with Crippen molar-refractivity contribution >= 4 is 6.29 Å². The van der Waals surface area contributed by atoms with Gasteiger partial charge in [0.2, 0.25) is 6.29 Å². The predicted molar refractivity (Wildman–Crippen MR) is 33.7 cm³/mol. The van der Waals surface area contributed by atoms with E-state index in [1.807, 2.05) is 6.29 Å². The summed E-state index contributed by atoms with van der Waals surface area (Å²) in [6, 6.07) is 0. The molecule has 0 unspecified atom stereocenters. The molecule has 1 rings (SSSR count). The lowest BCUT2D eigenvalue weighted by Crippen LogP contribution is -2.19. The van der Waals surface area contributed by atoms with Gasteiger partial charge in [-0.2, -0.15) is 0 Å². The zero-order valence-corrected chi connectivity index (χ0v) is 5.34. The second-order valence-corrected chi connectivity index (χ2v) is 2.64. The molecule has 0 saturated heterocycles. The van der Waals surface area contributed by atoms with Crippen molar-refractivity contribution in [1.82, 2.24) is 0 Å². The zero-order chi connectivity index (χ0) is 6.69. The van der Waals surface area contributed by atoms with Gasteiger partial charge in [0.15, 0.2) is 0 Å². The third-order valence-electron chi connectivity index (χ3n) is 1.81. The summed E-state index contributed by atoms with van der Waals surface area (Å²) >= 11 is 0. The highest BCUT2D eigenvalue weighted by atomic mass is 16.3. The molecule has 1 aliphatic rings. The van der Waals surface area contributed by atoms with Gasteiger partial charge in [-0.1, -0.05) is 6.42 Å². The molecule has 1 aliphatic carbocycles. The van der Waals surface area contributed by atoms with Gasteiger partial charge in [-0.3, -0.25) is 4.79 Å². The Morgan fingerprint density at radius 3 is 2.67 bits per heavy atom. The van der Waals surface area contributed by atoms with E-state index in [-0.39, 0.29) is 12.0 Å². The van der Waals surface area contributed by atoms with Gasteiger partial charge in [0, 0.05) is 5.92 Å². The SMILES string of the molecule is O=[C][C@H]1CCC[C@@H](O)C1. The van der Waals surface area contributed by atoms with Crippen LogP contribution in [0.2, 0.25) is 0 Å². The molecular weight excluding hydrogens is 116 g/mol. The van der Waals surface area contributed by atoms with Crippen LogP contribution in [-0.4, -0.2) is 17.5 Å². The number of carbonyl (C=O) groups excluding carboxylic acids is 1. The minimum Gasteiger partial charge on any atom is -0.393 e. The van der Waals surface area contributed by atoms with Crippen LogP contribution >= 0.6 is 0 Å². The predicted octanol–water partition coefficient (Wildman–Crippen LogP) is 0.647. The van der Waals surface area contributed by atoms with E-state index in [0.29, 0.717) is 6.42 Å². The number of aliphatic hydroxyl groups excluding tert-OH is 1. The van der Waals surface area contributed by atoms with Gasteiger partial charge >= 0.3 is 0 Å². The number of aliphatic hydroxyl groups is 1. The molecule has 0 amide bonds. The molecule has 1 N–H and O–H groups in total. The van der Waals surface area contributed by atoms with Gasteiger partial charge in [0.1, 0.15) is 0 Å². The fourth-order valence-electron chi connectivity index (χ4n) is 1.27. The maximum absolute atomic E-state index is 10.1. The van der Waals surface area contributed by atoms with E-state index in [1.54, 1.807) is 0 Å². The summed E-state index contributed by atoms with van der Waals surface area (Å²) in [4.78, 5) is 10.1. The van der Waals surface area contributed by atoms with E-state index < -0.39 is 0 Å². The van der Waals surface area contributed by atoms with Crippen LogP contribution in [0.1, 0.15) is 25.7 Å². The van der Waals surface area contributed by atoms with Crippen molar-refractivity contribution in [2.45, 2.75) is 31.8 Å². The number of hydrogen-bond donors (Lipinski definition) is 1. The third-order valence-corrected chi connectivity index (χ3v) is 1.81. The molecule has 1 saturated carbocycles. The Labute approximate surface area is 54.9 Å². The molecule has 2 heteroatoms. The average Bonchev–Trinajstić information content (AvgIpc) is 1.88. The van der Waals surface area contributed by atoms with Crippen LogP contribution < -0.4 is 0 Å². The smallest absolute Gasteiger partial charge is 0.201 e. The van der Waals surface area contributed by atoms with Gasteiger partial charge in [0.25, 0.3) is 0 Å². The second-order valence-electron chi connectivity index (χ2n) is 2.64. The number of hydrogen-bond acceptors (Lipinski definition) is 2. The van der Waals surface area contributed by atoms with Crippen molar-refractivity contribution in [3.63, 3.8) is 0 Å². The molecule has 0 aromatic carbocycles. The molecule has 0 aromatic rings.